The average molecular weight is 235 g/mol. The first-order chi connectivity index (χ1) is 8.10. The van der Waals surface area contributed by atoms with Crippen LogP contribution in [0.1, 0.15) is 12.5 Å². The lowest BCUT2D eigenvalue weighted by atomic mass is 10.2. The summed E-state index contributed by atoms with van der Waals surface area (Å²) in [5.74, 6) is 0.404. The summed E-state index contributed by atoms with van der Waals surface area (Å²) in [6, 6.07) is 6.69. The van der Waals surface area contributed by atoms with Crippen LogP contribution in [-0.2, 0) is 9.53 Å². The molecule has 0 saturated carbocycles. The normalized spacial score (nSPS) is 11.2. The first-order valence-corrected chi connectivity index (χ1v) is 4.94. The molecule has 0 aliphatic heterocycles. The van der Waals surface area contributed by atoms with Crippen LogP contribution in [0.2, 0.25) is 0 Å². The fourth-order valence-electron chi connectivity index (χ4n) is 1.24. The molecule has 1 aromatic carbocycles. The van der Waals surface area contributed by atoms with Crippen LogP contribution in [-0.4, -0.2) is 26.3 Å². The second-order valence-corrected chi connectivity index (χ2v) is 3.29. The van der Waals surface area contributed by atoms with Crippen LogP contribution in [0.3, 0.4) is 0 Å². The quantitative estimate of drug-likeness (QED) is 0.740. The van der Waals surface area contributed by atoms with Crippen molar-refractivity contribution in [2.45, 2.75) is 13.0 Å². The molecule has 0 radical (unpaired) electrons. The fourth-order valence-corrected chi connectivity index (χ4v) is 1.24. The zero-order chi connectivity index (χ0) is 12.8. The maximum atomic E-state index is 11.2. The Kier molecular flexibility index (Phi) is 4.35. The monoisotopic (exact) mass is 235 g/mol. The van der Waals surface area contributed by atoms with Crippen LogP contribution in [0.15, 0.2) is 18.2 Å². The standard InChI is InChI=1S/C12H13NO4/c1-8(12(14)16-3)17-11-5-9(7-13)4-10(6-11)15-2/h4-6,8H,1-3H3/t8-/m0/s1. The van der Waals surface area contributed by atoms with Gasteiger partial charge in [0.1, 0.15) is 11.5 Å². The van der Waals surface area contributed by atoms with Gasteiger partial charge < -0.3 is 14.2 Å². The second kappa shape index (κ2) is 5.75. The predicted octanol–water partition coefficient (Wildman–Crippen LogP) is 1.51. The lowest BCUT2D eigenvalue weighted by Gasteiger charge is -2.13. The van der Waals surface area contributed by atoms with E-state index in [0.29, 0.717) is 17.1 Å². The van der Waals surface area contributed by atoms with Crippen LogP contribution >= 0.6 is 0 Å². The number of ether oxygens (including phenoxy) is 3. The Morgan fingerprint density at radius 3 is 2.47 bits per heavy atom. The third kappa shape index (κ3) is 3.38. The smallest absolute Gasteiger partial charge is 0.346 e. The SMILES string of the molecule is COC(=O)[C@H](C)Oc1cc(C#N)cc(OC)c1. The molecule has 0 unspecified atom stereocenters. The number of esters is 1. The van der Waals surface area contributed by atoms with E-state index in [1.54, 1.807) is 19.1 Å². The molecule has 1 atom stereocenters. The van der Waals surface area contributed by atoms with Crippen LogP contribution in [0, 0.1) is 11.3 Å². The molecule has 0 aliphatic carbocycles. The van der Waals surface area contributed by atoms with Gasteiger partial charge in [-0.05, 0) is 19.1 Å². The van der Waals surface area contributed by atoms with E-state index in [-0.39, 0.29) is 0 Å². The Hall–Kier alpha value is -2.22. The van der Waals surface area contributed by atoms with Gasteiger partial charge in [-0.3, -0.25) is 0 Å². The Morgan fingerprint density at radius 2 is 1.94 bits per heavy atom. The minimum absolute atomic E-state index is 0.388. The number of methoxy groups -OCH3 is 2. The highest BCUT2D eigenvalue weighted by Gasteiger charge is 2.15. The van der Waals surface area contributed by atoms with E-state index in [1.807, 2.05) is 6.07 Å². The first kappa shape index (κ1) is 12.8. The highest BCUT2D eigenvalue weighted by atomic mass is 16.6. The Balaban J connectivity index is 2.91. The lowest BCUT2D eigenvalue weighted by molar-refractivity contribution is -0.147. The van der Waals surface area contributed by atoms with E-state index >= 15 is 0 Å². The topological polar surface area (TPSA) is 68.5 Å². The van der Waals surface area contributed by atoms with Crippen molar-refractivity contribution in [2.24, 2.45) is 0 Å². The van der Waals surface area contributed by atoms with Crippen LogP contribution < -0.4 is 9.47 Å². The van der Waals surface area contributed by atoms with Gasteiger partial charge in [-0.25, -0.2) is 4.79 Å². The zero-order valence-electron chi connectivity index (χ0n) is 9.89. The van der Waals surface area contributed by atoms with Gasteiger partial charge in [-0.15, -0.1) is 0 Å². The molecule has 0 saturated heterocycles. The van der Waals surface area contributed by atoms with Crippen molar-refractivity contribution in [3.8, 4) is 17.6 Å². The molecule has 0 bridgehead atoms. The van der Waals surface area contributed by atoms with Gasteiger partial charge >= 0.3 is 5.97 Å². The number of hydrogen-bond acceptors (Lipinski definition) is 5. The molecule has 1 aromatic rings. The lowest BCUT2D eigenvalue weighted by Crippen LogP contribution is -2.24. The average Bonchev–Trinajstić information content (AvgIpc) is 2.36. The number of benzene rings is 1. The number of carbonyl (C=O) groups excluding carboxylic acids is 1. The Bertz CT molecular complexity index is 450. The molecular formula is C12H13NO4. The molecule has 0 spiro atoms. The van der Waals surface area contributed by atoms with Crippen molar-refractivity contribution in [3.63, 3.8) is 0 Å². The molecule has 0 amide bonds. The molecule has 5 nitrogen and oxygen atoms in total. The molecule has 17 heavy (non-hydrogen) atoms. The number of nitriles is 1. The summed E-state index contributed by atoms with van der Waals surface area (Å²) in [6.07, 6.45) is -0.737. The summed E-state index contributed by atoms with van der Waals surface area (Å²) in [7, 11) is 2.78. The molecule has 90 valence electrons. The minimum Gasteiger partial charge on any atom is -0.497 e. The zero-order valence-corrected chi connectivity index (χ0v) is 9.89. The fraction of sp³-hybridized carbons (Fsp3) is 0.333. The summed E-state index contributed by atoms with van der Waals surface area (Å²) in [4.78, 5) is 11.2. The van der Waals surface area contributed by atoms with Gasteiger partial charge in [-0.1, -0.05) is 0 Å². The van der Waals surface area contributed by atoms with E-state index in [1.165, 1.54) is 20.3 Å². The van der Waals surface area contributed by atoms with Crippen molar-refractivity contribution in [1.82, 2.24) is 0 Å². The summed E-state index contributed by atoms with van der Waals surface area (Å²) >= 11 is 0. The molecule has 1 rings (SSSR count). The van der Waals surface area contributed by atoms with Gasteiger partial charge in [0.15, 0.2) is 6.10 Å². The van der Waals surface area contributed by atoms with Gasteiger partial charge in [0, 0.05) is 6.07 Å². The van der Waals surface area contributed by atoms with Crippen LogP contribution in [0.4, 0.5) is 0 Å². The van der Waals surface area contributed by atoms with Crippen LogP contribution in [0.25, 0.3) is 0 Å². The third-order valence-electron chi connectivity index (χ3n) is 2.09. The molecule has 0 heterocycles. The predicted molar refractivity (Wildman–Crippen MR) is 59.8 cm³/mol. The van der Waals surface area contributed by atoms with E-state index in [4.69, 9.17) is 14.7 Å². The number of hydrogen-bond donors (Lipinski definition) is 0. The molecule has 0 fully saturated rings. The van der Waals surface area contributed by atoms with Gasteiger partial charge in [0.05, 0.1) is 25.9 Å². The Labute approximate surface area is 99.5 Å². The van der Waals surface area contributed by atoms with Gasteiger partial charge in [0.25, 0.3) is 0 Å². The first-order valence-electron chi connectivity index (χ1n) is 4.94. The Morgan fingerprint density at radius 1 is 1.29 bits per heavy atom. The summed E-state index contributed by atoms with van der Waals surface area (Å²) in [6.45, 7) is 1.57. The van der Waals surface area contributed by atoms with Crippen molar-refractivity contribution in [2.75, 3.05) is 14.2 Å². The number of carbonyl (C=O) groups is 1. The van der Waals surface area contributed by atoms with Crippen LogP contribution in [0.5, 0.6) is 11.5 Å². The van der Waals surface area contributed by atoms with Crippen molar-refractivity contribution in [1.29, 1.82) is 5.26 Å². The largest absolute Gasteiger partial charge is 0.497 e. The van der Waals surface area contributed by atoms with E-state index < -0.39 is 12.1 Å². The second-order valence-electron chi connectivity index (χ2n) is 3.29. The maximum absolute atomic E-state index is 11.2. The highest BCUT2D eigenvalue weighted by molar-refractivity contribution is 5.74. The highest BCUT2D eigenvalue weighted by Crippen LogP contribution is 2.23. The van der Waals surface area contributed by atoms with Crippen molar-refractivity contribution >= 4 is 5.97 Å². The van der Waals surface area contributed by atoms with Crippen molar-refractivity contribution < 1.29 is 19.0 Å². The maximum Gasteiger partial charge on any atom is 0.346 e. The van der Waals surface area contributed by atoms with Crippen molar-refractivity contribution in [3.05, 3.63) is 23.8 Å². The van der Waals surface area contributed by atoms with Gasteiger partial charge in [-0.2, -0.15) is 5.26 Å². The number of nitrogens with zero attached hydrogens (tertiary/aromatic N) is 1. The summed E-state index contributed by atoms with van der Waals surface area (Å²) in [5.41, 5.74) is 0.399. The molecule has 0 aliphatic rings. The van der Waals surface area contributed by atoms with Gasteiger partial charge in [0.2, 0.25) is 0 Å². The van der Waals surface area contributed by atoms with E-state index in [0.717, 1.165) is 0 Å². The number of rotatable bonds is 4. The summed E-state index contributed by atoms with van der Waals surface area (Å²) in [5, 5.41) is 8.82. The minimum atomic E-state index is -0.737. The van der Waals surface area contributed by atoms with E-state index in [2.05, 4.69) is 4.74 Å². The summed E-state index contributed by atoms with van der Waals surface area (Å²) < 4.78 is 14.9. The molecule has 0 aromatic heterocycles. The molecular weight excluding hydrogens is 222 g/mol. The molecule has 5 heteroatoms. The van der Waals surface area contributed by atoms with E-state index in [9.17, 15) is 4.79 Å². The molecule has 0 N–H and O–H groups in total. The third-order valence-corrected chi connectivity index (χ3v) is 2.09.